The highest BCUT2D eigenvalue weighted by molar-refractivity contribution is 7.89. The zero-order chi connectivity index (χ0) is 19.9. The average molecular weight is 391 g/mol. The van der Waals surface area contributed by atoms with Crippen LogP contribution in [0.3, 0.4) is 0 Å². The largest absolute Gasteiger partial charge is 0.296 e. The van der Waals surface area contributed by atoms with E-state index in [0.29, 0.717) is 18.0 Å². The smallest absolute Gasteiger partial charge is 0.243 e. The minimum Gasteiger partial charge on any atom is -0.296 e. The Kier molecular flexibility index (Phi) is 5.47. The van der Waals surface area contributed by atoms with Crippen molar-refractivity contribution in [1.29, 1.82) is 0 Å². The van der Waals surface area contributed by atoms with E-state index in [-0.39, 0.29) is 0 Å². The third-order valence-corrected chi connectivity index (χ3v) is 7.82. The zero-order valence-corrected chi connectivity index (χ0v) is 18.0. The van der Waals surface area contributed by atoms with E-state index in [4.69, 9.17) is 0 Å². The molecule has 0 unspecified atom stereocenters. The maximum atomic E-state index is 13.1. The van der Waals surface area contributed by atoms with Gasteiger partial charge < -0.3 is 0 Å². The molecule has 0 atom stereocenters. The maximum absolute atomic E-state index is 13.1. The lowest BCUT2D eigenvalue weighted by Crippen LogP contribution is -2.48. The van der Waals surface area contributed by atoms with E-state index in [0.717, 1.165) is 42.0 Å². The number of hydrogen-bond donors (Lipinski definition) is 0. The Balaban J connectivity index is 1.72. The van der Waals surface area contributed by atoms with Gasteiger partial charge in [0.2, 0.25) is 10.0 Å². The molecule has 1 aliphatic rings. The number of piperazine rings is 1. The Hall–Kier alpha value is -1.70. The Morgan fingerprint density at radius 3 is 2.07 bits per heavy atom. The molecule has 0 saturated carbocycles. The number of rotatable bonds is 4. The van der Waals surface area contributed by atoms with Crippen LogP contribution in [0.15, 0.2) is 17.0 Å². The second kappa shape index (κ2) is 7.37. The van der Waals surface area contributed by atoms with Gasteiger partial charge >= 0.3 is 0 Å². The third-order valence-electron chi connectivity index (χ3n) is 5.78. The molecule has 7 heteroatoms. The van der Waals surface area contributed by atoms with Crippen LogP contribution in [0, 0.1) is 34.6 Å². The molecular weight excluding hydrogens is 360 g/mol. The molecule has 0 N–H and O–H groups in total. The van der Waals surface area contributed by atoms with Gasteiger partial charge in [0.15, 0.2) is 0 Å². The molecule has 0 aliphatic carbocycles. The molecule has 1 aliphatic heterocycles. The first-order valence-corrected chi connectivity index (χ1v) is 10.8. The lowest BCUT2D eigenvalue weighted by Gasteiger charge is -2.34. The average Bonchev–Trinajstić information content (AvgIpc) is 2.84. The first kappa shape index (κ1) is 20.0. The first-order chi connectivity index (χ1) is 12.6. The summed E-state index contributed by atoms with van der Waals surface area (Å²) in [6, 6.07) is 3.78. The molecule has 2 aromatic rings. The van der Waals surface area contributed by atoms with Crippen LogP contribution in [0.2, 0.25) is 0 Å². The van der Waals surface area contributed by atoms with E-state index in [2.05, 4.69) is 16.9 Å². The summed E-state index contributed by atoms with van der Waals surface area (Å²) in [5.41, 5.74) is 6.43. The van der Waals surface area contributed by atoms with Crippen molar-refractivity contribution in [2.24, 2.45) is 7.05 Å². The monoisotopic (exact) mass is 390 g/mol. The van der Waals surface area contributed by atoms with Crippen LogP contribution in [0.4, 0.5) is 0 Å². The van der Waals surface area contributed by atoms with Gasteiger partial charge in [-0.1, -0.05) is 6.07 Å². The van der Waals surface area contributed by atoms with Gasteiger partial charge in [0.05, 0.1) is 10.6 Å². The summed E-state index contributed by atoms with van der Waals surface area (Å²) in [7, 11) is -1.49. The van der Waals surface area contributed by atoms with Crippen LogP contribution in [-0.4, -0.2) is 53.6 Å². The topological polar surface area (TPSA) is 58.4 Å². The van der Waals surface area contributed by atoms with Gasteiger partial charge in [0, 0.05) is 51.0 Å². The second-order valence-corrected chi connectivity index (χ2v) is 9.56. The van der Waals surface area contributed by atoms with Crippen LogP contribution < -0.4 is 0 Å². The summed E-state index contributed by atoms with van der Waals surface area (Å²) in [5.74, 6) is 0. The maximum Gasteiger partial charge on any atom is 0.243 e. The van der Waals surface area contributed by atoms with Crippen molar-refractivity contribution < 1.29 is 8.42 Å². The molecular formula is C20H30N4O2S. The van der Waals surface area contributed by atoms with Crippen molar-refractivity contribution >= 4 is 10.0 Å². The number of nitrogens with zero attached hydrogens (tertiary/aromatic N) is 4. The zero-order valence-electron chi connectivity index (χ0n) is 17.2. The van der Waals surface area contributed by atoms with Gasteiger partial charge in [-0.2, -0.15) is 9.40 Å². The number of aryl methyl sites for hydroxylation is 5. The van der Waals surface area contributed by atoms with Crippen molar-refractivity contribution in [3.63, 3.8) is 0 Å². The van der Waals surface area contributed by atoms with E-state index in [1.807, 2.05) is 51.6 Å². The van der Waals surface area contributed by atoms with Crippen LogP contribution >= 0.6 is 0 Å². The number of sulfonamides is 1. The summed E-state index contributed by atoms with van der Waals surface area (Å²) in [4.78, 5) is 2.76. The molecule has 3 rings (SSSR count). The highest BCUT2D eigenvalue weighted by Gasteiger charge is 2.30. The van der Waals surface area contributed by atoms with Gasteiger partial charge in [0.1, 0.15) is 0 Å². The van der Waals surface area contributed by atoms with Crippen LogP contribution in [-0.2, 0) is 23.6 Å². The standard InChI is InChI=1S/C20H30N4O2S/c1-14-11-16(3)20(12-15(14)2)27(25,26)24-9-7-23(8-10-24)13-19-17(4)21-22(6)18(19)5/h11-12H,7-10,13H2,1-6H3. The number of aromatic nitrogens is 2. The Bertz CT molecular complexity index is 955. The van der Waals surface area contributed by atoms with Crippen LogP contribution in [0.25, 0.3) is 0 Å². The van der Waals surface area contributed by atoms with Gasteiger partial charge in [0.25, 0.3) is 0 Å². The molecule has 0 amide bonds. The molecule has 27 heavy (non-hydrogen) atoms. The Labute approximate surface area is 162 Å². The number of benzene rings is 1. The number of hydrogen-bond acceptors (Lipinski definition) is 4. The van der Waals surface area contributed by atoms with E-state index < -0.39 is 10.0 Å². The van der Waals surface area contributed by atoms with Gasteiger partial charge in [-0.25, -0.2) is 8.42 Å². The quantitative estimate of drug-likeness (QED) is 0.805. The fraction of sp³-hybridized carbons (Fsp3) is 0.550. The molecule has 6 nitrogen and oxygen atoms in total. The lowest BCUT2D eigenvalue weighted by atomic mass is 10.1. The fourth-order valence-electron chi connectivity index (χ4n) is 3.75. The van der Waals surface area contributed by atoms with E-state index >= 15 is 0 Å². The first-order valence-electron chi connectivity index (χ1n) is 9.40. The SMILES string of the molecule is Cc1cc(C)c(S(=O)(=O)N2CCN(Cc3c(C)nn(C)c3C)CC2)cc1C. The van der Waals surface area contributed by atoms with Gasteiger partial charge in [-0.3, -0.25) is 9.58 Å². The van der Waals surface area contributed by atoms with Crippen LogP contribution in [0.5, 0.6) is 0 Å². The van der Waals surface area contributed by atoms with E-state index in [1.54, 1.807) is 4.31 Å². The molecule has 1 fully saturated rings. The van der Waals surface area contributed by atoms with Gasteiger partial charge in [-0.15, -0.1) is 0 Å². The molecule has 2 heterocycles. The highest BCUT2D eigenvalue weighted by atomic mass is 32.2. The predicted molar refractivity (Wildman–Crippen MR) is 107 cm³/mol. The summed E-state index contributed by atoms with van der Waals surface area (Å²) in [6.07, 6.45) is 0. The van der Waals surface area contributed by atoms with Crippen molar-refractivity contribution in [3.8, 4) is 0 Å². The minimum absolute atomic E-state index is 0.443. The van der Waals surface area contributed by atoms with Crippen molar-refractivity contribution in [2.45, 2.75) is 46.1 Å². The molecule has 1 aromatic carbocycles. The minimum atomic E-state index is -3.45. The second-order valence-electron chi connectivity index (χ2n) is 7.66. The van der Waals surface area contributed by atoms with Crippen molar-refractivity contribution in [3.05, 3.63) is 45.8 Å². The lowest BCUT2D eigenvalue weighted by molar-refractivity contribution is 0.181. The molecule has 0 bridgehead atoms. The Morgan fingerprint density at radius 1 is 0.926 bits per heavy atom. The summed E-state index contributed by atoms with van der Waals surface area (Å²) < 4.78 is 29.8. The fourth-order valence-corrected chi connectivity index (χ4v) is 5.46. The highest BCUT2D eigenvalue weighted by Crippen LogP contribution is 2.25. The van der Waals surface area contributed by atoms with E-state index in [1.165, 1.54) is 11.3 Å². The summed E-state index contributed by atoms with van der Waals surface area (Å²) in [6.45, 7) is 13.3. The van der Waals surface area contributed by atoms with E-state index in [9.17, 15) is 8.42 Å². The normalized spacial score (nSPS) is 16.8. The summed E-state index contributed by atoms with van der Waals surface area (Å²) >= 11 is 0. The Morgan fingerprint density at radius 2 is 1.52 bits per heavy atom. The molecule has 0 radical (unpaired) electrons. The summed E-state index contributed by atoms with van der Waals surface area (Å²) in [5, 5.41) is 4.48. The molecule has 1 saturated heterocycles. The predicted octanol–water partition coefficient (Wildman–Crippen LogP) is 2.47. The van der Waals surface area contributed by atoms with Crippen molar-refractivity contribution in [1.82, 2.24) is 19.0 Å². The molecule has 148 valence electrons. The van der Waals surface area contributed by atoms with Crippen LogP contribution in [0.1, 0.15) is 33.6 Å². The molecule has 1 aromatic heterocycles. The van der Waals surface area contributed by atoms with Gasteiger partial charge in [-0.05, 0) is 57.4 Å². The third kappa shape index (κ3) is 3.81. The molecule has 0 spiro atoms. The van der Waals surface area contributed by atoms with Crippen molar-refractivity contribution in [2.75, 3.05) is 26.2 Å².